The van der Waals surface area contributed by atoms with E-state index in [0.717, 1.165) is 22.9 Å². The fraction of sp³-hybridized carbons (Fsp3) is 0.304. The average molecular weight is 847 g/mol. The maximum absolute atomic E-state index is 13.3. The molecule has 6 rings (SSSR count). The first-order chi connectivity index (χ1) is 29.1. The second-order valence-corrected chi connectivity index (χ2v) is 16.8. The number of rotatable bonds is 14. The zero-order valence-electron chi connectivity index (χ0n) is 34.1. The van der Waals surface area contributed by atoms with Crippen LogP contribution in [-0.2, 0) is 19.2 Å². The van der Waals surface area contributed by atoms with Gasteiger partial charge in [-0.25, -0.2) is 0 Å². The molecule has 0 radical (unpaired) electrons. The zero-order chi connectivity index (χ0) is 44.1. The first-order valence-corrected chi connectivity index (χ1v) is 20.8. The van der Waals surface area contributed by atoms with E-state index in [1.807, 2.05) is 52.0 Å². The van der Waals surface area contributed by atoms with Crippen LogP contribution in [0.3, 0.4) is 0 Å². The molecule has 15 heteroatoms. The van der Waals surface area contributed by atoms with Gasteiger partial charge in [0.2, 0.25) is 11.8 Å². The predicted molar refractivity (Wildman–Crippen MR) is 232 cm³/mol. The molecule has 0 saturated carbocycles. The first-order valence-electron chi connectivity index (χ1n) is 20.0. The Labute approximate surface area is 356 Å². The van der Waals surface area contributed by atoms with Crippen LogP contribution in [0.15, 0.2) is 94.7 Å². The van der Waals surface area contributed by atoms with E-state index < -0.39 is 45.4 Å². The maximum Gasteiger partial charge on any atom is 0.308 e. The molecule has 61 heavy (non-hydrogen) atoms. The summed E-state index contributed by atoms with van der Waals surface area (Å²) < 4.78 is 0. The third kappa shape index (κ3) is 9.57. The molecule has 4 aromatic carbocycles. The lowest BCUT2D eigenvalue weighted by Crippen LogP contribution is -2.28. The number of aliphatic carboxylic acids is 2. The zero-order valence-corrected chi connectivity index (χ0v) is 35.0. The van der Waals surface area contributed by atoms with Crippen molar-refractivity contribution in [2.75, 3.05) is 26.2 Å². The fourth-order valence-corrected chi connectivity index (χ4v) is 9.03. The highest BCUT2D eigenvalue weighted by atomic mass is 32.2. The van der Waals surface area contributed by atoms with Crippen molar-refractivity contribution in [1.82, 2.24) is 9.80 Å². The van der Waals surface area contributed by atoms with E-state index >= 15 is 0 Å². The highest BCUT2D eigenvalue weighted by molar-refractivity contribution is 7.99. The number of benzene rings is 4. The predicted octanol–water partition coefficient (Wildman–Crippen LogP) is 9.13. The number of carbonyl (C=O) groups excluding carboxylic acids is 2. The van der Waals surface area contributed by atoms with Crippen LogP contribution in [0, 0.1) is 32.1 Å². The molecule has 14 nitrogen and oxygen atoms in total. The Bertz CT molecular complexity index is 2310. The molecule has 0 aromatic heterocycles. The second-order valence-electron chi connectivity index (χ2n) is 15.7. The molecule has 0 bridgehead atoms. The number of hydrogen-bond acceptors (Lipinski definition) is 9. The summed E-state index contributed by atoms with van der Waals surface area (Å²) in [5.41, 5.74) is 3.18. The summed E-state index contributed by atoms with van der Waals surface area (Å²) in [6.45, 7) is 8.44. The highest BCUT2D eigenvalue weighted by Gasteiger charge is 2.34. The van der Waals surface area contributed by atoms with Crippen LogP contribution in [0.25, 0.3) is 34.4 Å². The Morgan fingerprint density at radius 2 is 1.02 bits per heavy atom. The molecule has 2 aliphatic rings. The van der Waals surface area contributed by atoms with Crippen LogP contribution in [0.4, 0.5) is 11.4 Å². The van der Waals surface area contributed by atoms with E-state index in [1.165, 1.54) is 46.2 Å². The molecule has 2 fully saturated rings. The van der Waals surface area contributed by atoms with Gasteiger partial charge in [0.1, 0.15) is 0 Å². The molecule has 2 amide bonds. The number of likely N-dealkylation sites (tertiary alicyclic amines) is 2. The Balaban J connectivity index is 1.51. The van der Waals surface area contributed by atoms with Gasteiger partial charge >= 0.3 is 11.9 Å². The van der Waals surface area contributed by atoms with Gasteiger partial charge in [0.15, 0.2) is 0 Å². The average Bonchev–Trinajstić information content (AvgIpc) is 3.94. The van der Waals surface area contributed by atoms with E-state index in [-0.39, 0.29) is 70.3 Å². The number of carbonyl (C=O) groups is 4. The molecule has 2 saturated heterocycles. The van der Waals surface area contributed by atoms with Gasteiger partial charge in [-0.1, -0.05) is 100 Å². The minimum Gasteiger partial charge on any atom is -0.481 e. The van der Waals surface area contributed by atoms with Gasteiger partial charge in [-0.05, 0) is 82.3 Å². The van der Waals surface area contributed by atoms with E-state index in [1.54, 1.807) is 36.4 Å². The van der Waals surface area contributed by atoms with Crippen LogP contribution in [0.1, 0.15) is 74.6 Å². The van der Waals surface area contributed by atoms with Gasteiger partial charge in [-0.3, -0.25) is 39.4 Å². The largest absolute Gasteiger partial charge is 0.481 e. The molecule has 2 N–H and O–H groups in total. The van der Waals surface area contributed by atoms with Gasteiger partial charge in [0.25, 0.3) is 11.4 Å². The third-order valence-electron chi connectivity index (χ3n) is 11.1. The van der Waals surface area contributed by atoms with Gasteiger partial charge in [-0.2, -0.15) is 0 Å². The number of nitro benzene ring substituents is 2. The van der Waals surface area contributed by atoms with Crippen LogP contribution in [-0.4, -0.2) is 79.8 Å². The van der Waals surface area contributed by atoms with E-state index in [0.29, 0.717) is 35.1 Å². The summed E-state index contributed by atoms with van der Waals surface area (Å²) in [6, 6.07) is 20.7. The lowest BCUT2D eigenvalue weighted by molar-refractivity contribution is -0.387. The van der Waals surface area contributed by atoms with Crippen molar-refractivity contribution in [2.45, 2.75) is 62.2 Å². The van der Waals surface area contributed by atoms with E-state index in [2.05, 4.69) is 0 Å². The smallest absolute Gasteiger partial charge is 0.308 e. The quantitative estimate of drug-likeness (QED) is 0.0696. The summed E-state index contributed by atoms with van der Waals surface area (Å²) >= 11 is 0.863. The first kappa shape index (κ1) is 44.0. The van der Waals surface area contributed by atoms with Gasteiger partial charge in [0.05, 0.1) is 42.6 Å². The van der Waals surface area contributed by atoms with Crippen molar-refractivity contribution in [3.8, 4) is 22.3 Å². The van der Waals surface area contributed by atoms with Crippen molar-refractivity contribution >= 4 is 59.0 Å². The highest BCUT2D eigenvalue weighted by Crippen LogP contribution is 2.50. The molecule has 2 atom stereocenters. The van der Waals surface area contributed by atoms with Crippen LogP contribution in [0.5, 0.6) is 0 Å². The molecule has 2 aliphatic heterocycles. The number of hydrogen-bond donors (Lipinski definition) is 2. The van der Waals surface area contributed by atoms with Crippen molar-refractivity contribution in [2.24, 2.45) is 11.8 Å². The SMILES string of the molecule is CC(C)c1ccccc1-c1c(C=CC(=O)N2CCC(C(=O)O)C2)ccc(Sc2ccc(C=CC(=O)N3CCC(C(=O)O)C3)c(-c3ccccc3C(C)C)c2[N+](=O)[O-])c1[N+](=O)[O-]. The van der Waals surface area contributed by atoms with E-state index in [9.17, 15) is 49.6 Å². The minimum atomic E-state index is -0.983. The van der Waals surface area contributed by atoms with Crippen molar-refractivity contribution in [1.29, 1.82) is 0 Å². The molecule has 316 valence electrons. The Morgan fingerprint density at radius 3 is 1.34 bits per heavy atom. The lowest BCUT2D eigenvalue weighted by Gasteiger charge is -2.18. The number of amides is 2. The maximum atomic E-state index is 13.3. The second kappa shape index (κ2) is 18.8. The van der Waals surface area contributed by atoms with Crippen LogP contribution >= 0.6 is 11.8 Å². The summed E-state index contributed by atoms with van der Waals surface area (Å²) in [7, 11) is 0. The normalized spacial score (nSPS) is 16.6. The van der Waals surface area contributed by atoms with Gasteiger partial charge in [-0.15, -0.1) is 0 Å². The molecule has 0 aliphatic carbocycles. The van der Waals surface area contributed by atoms with Crippen LogP contribution < -0.4 is 0 Å². The molecule has 0 spiro atoms. The topological polar surface area (TPSA) is 202 Å². The summed E-state index contributed by atoms with van der Waals surface area (Å²) in [5, 5.41) is 45.5. The van der Waals surface area contributed by atoms with Crippen molar-refractivity contribution in [3.05, 3.63) is 127 Å². The van der Waals surface area contributed by atoms with Crippen molar-refractivity contribution in [3.63, 3.8) is 0 Å². The molecule has 2 heterocycles. The van der Waals surface area contributed by atoms with E-state index in [4.69, 9.17) is 0 Å². The molecular formula is C46H46N4O10S. The van der Waals surface area contributed by atoms with Gasteiger partial charge in [0, 0.05) is 38.3 Å². The third-order valence-corrected chi connectivity index (χ3v) is 12.2. The minimum absolute atomic E-state index is 0.0518. The Kier molecular flexibility index (Phi) is 13.5. The summed E-state index contributed by atoms with van der Waals surface area (Å²) in [6.07, 6.45) is 6.18. The standard InChI is InChI=1S/C46H46N4O10S/c1-27(2)33-9-5-7-11-35(33)41-29(15-19-39(51)47-23-21-31(25-47)45(53)54)13-17-37(43(41)49(57)58)61-38-18-14-30(16-20-40(52)48-24-22-32(26-48)46(55)56)42(44(38)50(59)60)36-12-8-6-10-34(36)28(3)4/h5-20,27-28,31-32H,21-26H2,1-4H3,(H,53,54)(H,55,56). The summed E-state index contributed by atoms with van der Waals surface area (Å²) in [5.74, 6) is -4.32. The monoisotopic (exact) mass is 846 g/mol. The lowest BCUT2D eigenvalue weighted by atomic mass is 9.89. The number of nitro groups is 2. The van der Waals surface area contributed by atoms with Crippen molar-refractivity contribution < 1.29 is 39.2 Å². The summed E-state index contributed by atoms with van der Waals surface area (Å²) in [4.78, 5) is 78.3. The molecule has 4 aromatic rings. The van der Waals surface area contributed by atoms with Gasteiger partial charge < -0.3 is 20.0 Å². The Hall–Kier alpha value is -6.61. The Morgan fingerprint density at radius 1 is 0.639 bits per heavy atom. The number of carboxylic acids is 2. The number of nitrogens with zero attached hydrogens (tertiary/aromatic N) is 4. The number of carboxylic acid groups (broad SMARTS) is 2. The fourth-order valence-electron chi connectivity index (χ4n) is 7.98. The molecule has 2 unspecified atom stereocenters. The van der Waals surface area contributed by atoms with Crippen LogP contribution in [0.2, 0.25) is 0 Å². The molecular weight excluding hydrogens is 801 g/mol.